The average Bonchev–Trinajstić information content (AvgIpc) is 3.20. The summed E-state index contributed by atoms with van der Waals surface area (Å²) < 4.78 is 26.1. The van der Waals surface area contributed by atoms with Crippen molar-refractivity contribution in [3.05, 3.63) is 66.0 Å². The second kappa shape index (κ2) is 8.34. The minimum Gasteiger partial charge on any atom is -0.497 e. The first-order valence-electron chi connectivity index (χ1n) is 9.21. The number of methoxy groups -OCH3 is 2. The van der Waals surface area contributed by atoms with Crippen LogP contribution in [0.25, 0.3) is 17.0 Å². The smallest absolute Gasteiger partial charge is 0.188 e. The maximum Gasteiger partial charge on any atom is 0.188 e. The Balaban J connectivity index is 1.56. The predicted octanol–water partition coefficient (Wildman–Crippen LogP) is 3.09. The average molecular weight is 409 g/mol. The first kappa shape index (κ1) is 19.6. The zero-order chi connectivity index (χ0) is 21.1. The first-order valence-corrected chi connectivity index (χ1v) is 9.21. The summed E-state index contributed by atoms with van der Waals surface area (Å²) in [6, 6.07) is 14.9. The SMILES string of the molecule is COc1cc(OC)cc(C(O)CNc2ccc3nnc(-c4ccccc4F)n3n2)c1. The number of nitrogens with zero attached hydrogens (tertiary/aromatic N) is 4. The van der Waals surface area contributed by atoms with Crippen molar-refractivity contribution in [2.75, 3.05) is 26.1 Å². The summed E-state index contributed by atoms with van der Waals surface area (Å²) in [5.74, 6) is 1.54. The van der Waals surface area contributed by atoms with E-state index in [2.05, 4.69) is 20.6 Å². The van der Waals surface area contributed by atoms with Crippen LogP contribution in [0, 0.1) is 5.82 Å². The summed E-state index contributed by atoms with van der Waals surface area (Å²) >= 11 is 0. The van der Waals surface area contributed by atoms with E-state index in [0.717, 1.165) is 0 Å². The number of halogens is 1. The van der Waals surface area contributed by atoms with Gasteiger partial charge in [0, 0.05) is 12.6 Å². The quantitative estimate of drug-likeness (QED) is 0.484. The highest BCUT2D eigenvalue weighted by atomic mass is 19.1. The van der Waals surface area contributed by atoms with Crippen molar-refractivity contribution in [3.63, 3.8) is 0 Å². The van der Waals surface area contributed by atoms with Gasteiger partial charge in [-0.3, -0.25) is 0 Å². The number of hydrogen-bond acceptors (Lipinski definition) is 7. The van der Waals surface area contributed by atoms with E-state index in [1.807, 2.05) is 0 Å². The standard InChI is InChI=1S/C21H20FN5O3/c1-29-14-9-13(10-15(11-14)30-2)18(28)12-23-19-7-8-20-24-25-21(27(20)26-19)16-5-3-4-6-17(16)22/h3-11,18,28H,12H2,1-2H3,(H,23,26). The van der Waals surface area contributed by atoms with Crippen LogP contribution in [0.5, 0.6) is 11.5 Å². The number of benzene rings is 2. The number of hydrogen-bond donors (Lipinski definition) is 2. The Hall–Kier alpha value is -3.72. The fourth-order valence-electron chi connectivity index (χ4n) is 3.03. The summed E-state index contributed by atoms with van der Waals surface area (Å²) in [5, 5.41) is 26.2. The Kier molecular flexibility index (Phi) is 5.44. The highest BCUT2D eigenvalue weighted by molar-refractivity contribution is 5.60. The van der Waals surface area contributed by atoms with Crippen LogP contribution in [0.3, 0.4) is 0 Å². The number of nitrogens with one attached hydrogen (secondary N) is 1. The largest absolute Gasteiger partial charge is 0.497 e. The zero-order valence-electron chi connectivity index (χ0n) is 16.4. The molecule has 2 aromatic carbocycles. The Morgan fingerprint density at radius 3 is 2.47 bits per heavy atom. The van der Waals surface area contributed by atoms with Crippen LogP contribution in [-0.4, -0.2) is 45.7 Å². The summed E-state index contributed by atoms with van der Waals surface area (Å²) in [4.78, 5) is 0. The molecule has 30 heavy (non-hydrogen) atoms. The van der Waals surface area contributed by atoms with Gasteiger partial charge in [0.05, 0.1) is 25.9 Å². The van der Waals surface area contributed by atoms with Crippen LogP contribution < -0.4 is 14.8 Å². The van der Waals surface area contributed by atoms with E-state index >= 15 is 0 Å². The lowest BCUT2D eigenvalue weighted by Gasteiger charge is -2.15. The van der Waals surface area contributed by atoms with Crippen molar-refractivity contribution in [1.29, 1.82) is 0 Å². The zero-order valence-corrected chi connectivity index (χ0v) is 16.4. The molecule has 0 amide bonds. The lowest BCUT2D eigenvalue weighted by Crippen LogP contribution is -2.14. The molecular formula is C21H20FN5O3. The van der Waals surface area contributed by atoms with Crippen molar-refractivity contribution in [3.8, 4) is 22.9 Å². The van der Waals surface area contributed by atoms with Gasteiger partial charge in [-0.1, -0.05) is 12.1 Å². The Labute approximate surface area is 171 Å². The highest BCUT2D eigenvalue weighted by Crippen LogP contribution is 2.27. The monoisotopic (exact) mass is 409 g/mol. The molecule has 2 heterocycles. The van der Waals surface area contributed by atoms with Crippen LogP contribution in [-0.2, 0) is 0 Å². The van der Waals surface area contributed by atoms with Gasteiger partial charge >= 0.3 is 0 Å². The number of aliphatic hydroxyl groups excluding tert-OH is 1. The van der Waals surface area contributed by atoms with E-state index in [1.54, 1.807) is 62.8 Å². The van der Waals surface area contributed by atoms with Crippen LogP contribution in [0.4, 0.5) is 10.2 Å². The number of aromatic nitrogens is 4. The molecule has 0 radical (unpaired) electrons. The molecule has 1 unspecified atom stereocenters. The molecule has 0 saturated carbocycles. The van der Waals surface area contributed by atoms with Crippen LogP contribution in [0.15, 0.2) is 54.6 Å². The Morgan fingerprint density at radius 1 is 1.03 bits per heavy atom. The Morgan fingerprint density at radius 2 is 1.77 bits per heavy atom. The molecule has 0 spiro atoms. The number of ether oxygens (including phenoxy) is 2. The molecule has 0 aliphatic rings. The van der Waals surface area contributed by atoms with Crippen molar-refractivity contribution in [2.45, 2.75) is 6.10 Å². The molecule has 1 atom stereocenters. The highest BCUT2D eigenvalue weighted by Gasteiger charge is 2.15. The number of fused-ring (bicyclic) bond motifs is 1. The minimum atomic E-state index is -0.835. The molecule has 0 aliphatic carbocycles. The maximum absolute atomic E-state index is 14.2. The van der Waals surface area contributed by atoms with E-state index in [0.29, 0.717) is 39.9 Å². The summed E-state index contributed by atoms with van der Waals surface area (Å²) in [7, 11) is 3.10. The molecule has 0 fully saturated rings. The maximum atomic E-state index is 14.2. The minimum absolute atomic E-state index is 0.186. The molecule has 9 heteroatoms. The molecule has 4 aromatic rings. The Bertz CT molecular complexity index is 1160. The third-order valence-corrected chi connectivity index (χ3v) is 4.61. The molecule has 2 aromatic heterocycles. The molecule has 2 N–H and O–H groups in total. The summed E-state index contributed by atoms with van der Waals surface area (Å²) in [6.07, 6.45) is -0.835. The lowest BCUT2D eigenvalue weighted by molar-refractivity contribution is 0.190. The van der Waals surface area contributed by atoms with Gasteiger partial charge in [0.15, 0.2) is 11.5 Å². The van der Waals surface area contributed by atoms with Gasteiger partial charge in [-0.05, 0) is 42.0 Å². The van der Waals surface area contributed by atoms with E-state index in [9.17, 15) is 9.50 Å². The van der Waals surface area contributed by atoms with E-state index in [-0.39, 0.29) is 6.54 Å². The van der Waals surface area contributed by atoms with Crippen molar-refractivity contribution < 1.29 is 19.0 Å². The van der Waals surface area contributed by atoms with Gasteiger partial charge in [-0.15, -0.1) is 15.3 Å². The van der Waals surface area contributed by atoms with Gasteiger partial charge in [0.1, 0.15) is 23.1 Å². The van der Waals surface area contributed by atoms with Crippen LogP contribution in [0.1, 0.15) is 11.7 Å². The second-order valence-electron chi connectivity index (χ2n) is 6.53. The van der Waals surface area contributed by atoms with E-state index in [4.69, 9.17) is 9.47 Å². The van der Waals surface area contributed by atoms with Gasteiger partial charge in [-0.2, -0.15) is 4.52 Å². The van der Waals surface area contributed by atoms with Gasteiger partial charge in [0.2, 0.25) is 0 Å². The van der Waals surface area contributed by atoms with E-state index < -0.39 is 11.9 Å². The topological polar surface area (TPSA) is 93.8 Å². The first-order chi connectivity index (χ1) is 14.6. The predicted molar refractivity (Wildman–Crippen MR) is 109 cm³/mol. The molecule has 154 valence electrons. The van der Waals surface area contributed by atoms with Crippen molar-refractivity contribution >= 4 is 11.5 Å². The number of anilines is 1. The lowest BCUT2D eigenvalue weighted by atomic mass is 10.1. The van der Waals surface area contributed by atoms with Gasteiger partial charge in [-0.25, -0.2) is 4.39 Å². The molecule has 8 nitrogen and oxygen atoms in total. The van der Waals surface area contributed by atoms with Crippen LogP contribution >= 0.6 is 0 Å². The fraction of sp³-hybridized carbons (Fsp3) is 0.190. The third kappa shape index (κ3) is 3.87. The van der Waals surface area contributed by atoms with E-state index in [1.165, 1.54) is 10.6 Å². The van der Waals surface area contributed by atoms with Crippen molar-refractivity contribution in [2.24, 2.45) is 0 Å². The van der Waals surface area contributed by atoms with Gasteiger partial charge in [0.25, 0.3) is 0 Å². The van der Waals surface area contributed by atoms with Crippen LogP contribution in [0.2, 0.25) is 0 Å². The molecule has 4 rings (SSSR count). The van der Waals surface area contributed by atoms with Crippen molar-refractivity contribution in [1.82, 2.24) is 19.8 Å². The van der Waals surface area contributed by atoms with Gasteiger partial charge < -0.3 is 19.9 Å². The molecule has 0 bridgehead atoms. The summed E-state index contributed by atoms with van der Waals surface area (Å²) in [6.45, 7) is 0.186. The fourth-order valence-corrected chi connectivity index (χ4v) is 3.03. The molecule has 0 saturated heterocycles. The molecule has 0 aliphatic heterocycles. The second-order valence-corrected chi connectivity index (χ2v) is 6.53. The number of rotatable bonds is 7. The molecular weight excluding hydrogens is 389 g/mol. The summed E-state index contributed by atoms with van der Waals surface area (Å²) in [5.41, 5.74) is 1.42. The third-order valence-electron chi connectivity index (χ3n) is 4.61. The normalized spacial score (nSPS) is 12.0. The number of aliphatic hydroxyl groups is 1.